The van der Waals surface area contributed by atoms with Gasteiger partial charge in [-0.25, -0.2) is 13.6 Å². The van der Waals surface area contributed by atoms with E-state index in [2.05, 4.69) is 5.32 Å². The Morgan fingerprint density at radius 1 is 1.03 bits per heavy atom. The SMILES string of the molecule is NS(=O)(=O)c1ccc(CNC(=O)C2CCN(C(=O)c3cccc4ccccc34)CC2)s1. The molecule has 7 nitrogen and oxygen atoms in total. The number of nitrogens with two attached hydrogens (primary N) is 1. The van der Waals surface area contributed by atoms with Gasteiger partial charge in [0.1, 0.15) is 4.21 Å². The quantitative estimate of drug-likeness (QED) is 0.614. The average Bonchev–Trinajstić information content (AvgIpc) is 3.26. The first-order valence-corrected chi connectivity index (χ1v) is 12.4. The lowest BCUT2D eigenvalue weighted by Crippen LogP contribution is -2.42. The fraction of sp³-hybridized carbons (Fsp3) is 0.273. The molecule has 1 fully saturated rings. The van der Waals surface area contributed by atoms with Crippen LogP contribution in [-0.4, -0.2) is 38.2 Å². The summed E-state index contributed by atoms with van der Waals surface area (Å²) in [6, 6.07) is 16.6. The van der Waals surface area contributed by atoms with E-state index >= 15 is 0 Å². The van der Waals surface area contributed by atoms with Crippen LogP contribution in [0.4, 0.5) is 0 Å². The van der Waals surface area contributed by atoms with E-state index in [-0.39, 0.29) is 28.5 Å². The molecule has 31 heavy (non-hydrogen) atoms. The van der Waals surface area contributed by atoms with Gasteiger partial charge in [-0.15, -0.1) is 11.3 Å². The van der Waals surface area contributed by atoms with Crippen LogP contribution in [0.2, 0.25) is 0 Å². The number of benzene rings is 2. The lowest BCUT2D eigenvalue weighted by atomic mass is 9.95. The third-order valence-electron chi connectivity index (χ3n) is 5.53. The first-order valence-electron chi connectivity index (χ1n) is 9.99. The molecule has 4 rings (SSSR count). The van der Waals surface area contributed by atoms with Gasteiger partial charge in [-0.1, -0.05) is 36.4 Å². The number of thiophene rings is 1. The standard InChI is InChI=1S/C22H23N3O4S2/c23-31(28,29)20-9-8-17(30-20)14-24-21(26)16-10-12-25(13-11-16)22(27)19-7-3-5-15-4-1-2-6-18(15)19/h1-9,16H,10-14H2,(H,24,26)(H2,23,28,29). The first-order chi connectivity index (χ1) is 14.8. The summed E-state index contributed by atoms with van der Waals surface area (Å²) < 4.78 is 22.8. The summed E-state index contributed by atoms with van der Waals surface area (Å²) in [4.78, 5) is 28.1. The lowest BCUT2D eigenvalue weighted by Gasteiger charge is -2.31. The Labute approximate surface area is 184 Å². The van der Waals surface area contributed by atoms with Crippen LogP contribution in [0.15, 0.2) is 58.8 Å². The summed E-state index contributed by atoms with van der Waals surface area (Å²) in [6.45, 7) is 1.30. The Hall–Kier alpha value is -2.75. The van der Waals surface area contributed by atoms with Crippen molar-refractivity contribution in [3.05, 3.63) is 65.0 Å². The van der Waals surface area contributed by atoms with Crippen LogP contribution >= 0.6 is 11.3 Å². The number of amides is 2. The molecular formula is C22H23N3O4S2. The average molecular weight is 458 g/mol. The molecule has 1 saturated heterocycles. The van der Waals surface area contributed by atoms with Crippen molar-refractivity contribution in [3.8, 4) is 0 Å². The normalized spacial score (nSPS) is 15.2. The molecule has 162 valence electrons. The minimum atomic E-state index is -3.72. The first kappa shape index (κ1) is 21.5. The Kier molecular flexibility index (Phi) is 6.08. The molecule has 3 N–H and O–H groups in total. The van der Waals surface area contributed by atoms with Crippen molar-refractivity contribution >= 4 is 43.9 Å². The highest BCUT2D eigenvalue weighted by molar-refractivity contribution is 7.91. The maximum Gasteiger partial charge on any atom is 0.254 e. The molecule has 2 heterocycles. The summed E-state index contributed by atoms with van der Waals surface area (Å²) in [5, 5.41) is 9.95. The Bertz CT molecular complexity index is 1220. The van der Waals surface area contributed by atoms with Gasteiger partial charge in [0.05, 0.1) is 6.54 Å². The number of fused-ring (bicyclic) bond motifs is 1. The Morgan fingerprint density at radius 2 is 1.74 bits per heavy atom. The van der Waals surface area contributed by atoms with Crippen LogP contribution < -0.4 is 10.5 Å². The molecule has 1 aliphatic rings. The zero-order valence-electron chi connectivity index (χ0n) is 16.8. The van der Waals surface area contributed by atoms with Crippen molar-refractivity contribution in [2.24, 2.45) is 11.1 Å². The van der Waals surface area contributed by atoms with E-state index in [1.807, 2.05) is 47.4 Å². The number of sulfonamides is 1. The second-order valence-corrected chi connectivity index (χ2v) is 10.5. The number of nitrogens with one attached hydrogen (secondary N) is 1. The summed E-state index contributed by atoms with van der Waals surface area (Å²) in [6.07, 6.45) is 1.18. The highest BCUT2D eigenvalue weighted by Gasteiger charge is 2.28. The number of carbonyl (C=O) groups is 2. The van der Waals surface area contributed by atoms with E-state index in [4.69, 9.17) is 5.14 Å². The van der Waals surface area contributed by atoms with Gasteiger partial charge in [0.2, 0.25) is 15.9 Å². The molecule has 3 aromatic rings. The molecule has 0 atom stereocenters. The minimum absolute atomic E-state index is 0.00947. The van der Waals surface area contributed by atoms with Gasteiger partial charge in [-0.05, 0) is 41.8 Å². The number of rotatable bonds is 5. The highest BCUT2D eigenvalue weighted by Crippen LogP contribution is 2.24. The predicted octanol–water partition coefficient (Wildman–Crippen LogP) is 2.72. The number of piperidine rings is 1. The van der Waals surface area contributed by atoms with Gasteiger partial charge < -0.3 is 10.2 Å². The molecule has 0 saturated carbocycles. The third-order valence-corrected chi connectivity index (χ3v) is 8.05. The summed E-state index contributed by atoms with van der Waals surface area (Å²) in [5.74, 6) is -0.262. The predicted molar refractivity (Wildman–Crippen MR) is 120 cm³/mol. The molecule has 0 unspecified atom stereocenters. The van der Waals surface area contributed by atoms with Gasteiger partial charge in [0, 0.05) is 29.4 Å². The summed E-state index contributed by atoms with van der Waals surface area (Å²) >= 11 is 1.05. The van der Waals surface area contributed by atoms with E-state index < -0.39 is 10.0 Å². The maximum absolute atomic E-state index is 13.1. The van der Waals surface area contributed by atoms with E-state index in [0.29, 0.717) is 31.5 Å². The zero-order chi connectivity index (χ0) is 22.0. The van der Waals surface area contributed by atoms with Crippen molar-refractivity contribution in [2.45, 2.75) is 23.6 Å². The number of hydrogen-bond donors (Lipinski definition) is 2. The van der Waals surface area contributed by atoms with Gasteiger partial charge in [-0.3, -0.25) is 9.59 Å². The fourth-order valence-corrected chi connectivity index (χ4v) is 5.57. The molecule has 2 amide bonds. The number of nitrogens with zero attached hydrogens (tertiary/aromatic N) is 1. The van der Waals surface area contributed by atoms with Crippen molar-refractivity contribution in [1.29, 1.82) is 0 Å². The minimum Gasteiger partial charge on any atom is -0.351 e. The zero-order valence-corrected chi connectivity index (χ0v) is 18.4. The highest BCUT2D eigenvalue weighted by atomic mass is 32.2. The molecule has 1 aromatic heterocycles. The molecule has 0 bridgehead atoms. The summed E-state index contributed by atoms with van der Waals surface area (Å²) in [7, 11) is -3.72. The second-order valence-electron chi connectivity index (χ2n) is 7.58. The van der Waals surface area contributed by atoms with Crippen molar-refractivity contribution in [1.82, 2.24) is 10.2 Å². The Morgan fingerprint density at radius 3 is 2.45 bits per heavy atom. The van der Waals surface area contributed by atoms with Crippen LogP contribution in [0.3, 0.4) is 0 Å². The number of hydrogen-bond acceptors (Lipinski definition) is 5. The summed E-state index contributed by atoms with van der Waals surface area (Å²) in [5.41, 5.74) is 0.685. The van der Waals surface area contributed by atoms with Crippen LogP contribution in [-0.2, 0) is 21.4 Å². The van der Waals surface area contributed by atoms with E-state index in [9.17, 15) is 18.0 Å². The molecule has 0 spiro atoms. The van der Waals surface area contributed by atoms with Gasteiger partial charge in [0.25, 0.3) is 5.91 Å². The largest absolute Gasteiger partial charge is 0.351 e. The number of primary sulfonamides is 1. The van der Waals surface area contributed by atoms with E-state index in [1.54, 1.807) is 6.07 Å². The van der Waals surface area contributed by atoms with Gasteiger partial charge in [0.15, 0.2) is 0 Å². The van der Waals surface area contributed by atoms with Gasteiger partial charge >= 0.3 is 0 Å². The molecule has 0 aliphatic carbocycles. The number of likely N-dealkylation sites (tertiary alicyclic amines) is 1. The smallest absolute Gasteiger partial charge is 0.254 e. The van der Waals surface area contributed by atoms with Crippen LogP contribution in [0.1, 0.15) is 28.1 Å². The molecule has 2 aromatic carbocycles. The fourth-order valence-electron chi connectivity index (χ4n) is 3.85. The van der Waals surface area contributed by atoms with Gasteiger partial charge in [-0.2, -0.15) is 0 Å². The molecule has 0 radical (unpaired) electrons. The lowest BCUT2D eigenvalue weighted by molar-refractivity contribution is -0.126. The monoisotopic (exact) mass is 457 g/mol. The molecule has 1 aliphatic heterocycles. The second kappa shape index (κ2) is 8.78. The van der Waals surface area contributed by atoms with Crippen molar-refractivity contribution in [2.75, 3.05) is 13.1 Å². The van der Waals surface area contributed by atoms with Crippen LogP contribution in [0.25, 0.3) is 10.8 Å². The van der Waals surface area contributed by atoms with Crippen LogP contribution in [0.5, 0.6) is 0 Å². The van der Waals surface area contributed by atoms with Crippen molar-refractivity contribution in [3.63, 3.8) is 0 Å². The molecular weight excluding hydrogens is 434 g/mol. The Balaban J connectivity index is 1.33. The molecule has 9 heteroatoms. The van der Waals surface area contributed by atoms with Crippen molar-refractivity contribution < 1.29 is 18.0 Å². The van der Waals surface area contributed by atoms with E-state index in [0.717, 1.165) is 27.0 Å². The topological polar surface area (TPSA) is 110 Å². The van der Waals surface area contributed by atoms with E-state index in [1.165, 1.54) is 6.07 Å². The van der Waals surface area contributed by atoms with Crippen LogP contribution in [0, 0.1) is 5.92 Å². The number of carbonyl (C=O) groups excluding carboxylic acids is 2. The third kappa shape index (κ3) is 4.79. The maximum atomic E-state index is 13.1.